The Morgan fingerprint density at radius 2 is 1.74 bits per heavy atom. The smallest absolute Gasteiger partial charge is 0.328 e. The Morgan fingerprint density at radius 1 is 1.00 bits per heavy atom. The summed E-state index contributed by atoms with van der Waals surface area (Å²) in [6.45, 7) is 6.32. The summed E-state index contributed by atoms with van der Waals surface area (Å²) in [5, 5.41) is 2.59. The van der Waals surface area contributed by atoms with Crippen molar-refractivity contribution in [3.05, 3.63) is 71.2 Å². The summed E-state index contributed by atoms with van der Waals surface area (Å²) in [6.07, 6.45) is 1.28. The van der Waals surface area contributed by atoms with E-state index in [-0.39, 0.29) is 17.2 Å². The van der Waals surface area contributed by atoms with Gasteiger partial charge in [-0.05, 0) is 61.7 Å². The van der Waals surface area contributed by atoms with Crippen molar-refractivity contribution in [2.75, 3.05) is 20.8 Å². The third-order valence-corrected chi connectivity index (χ3v) is 7.45. The van der Waals surface area contributed by atoms with E-state index in [0.717, 1.165) is 45.9 Å². The first-order valence-electron chi connectivity index (χ1n) is 12.1. The van der Waals surface area contributed by atoms with Crippen LogP contribution >= 0.6 is 0 Å². The zero-order valence-corrected chi connectivity index (χ0v) is 22.8. The van der Waals surface area contributed by atoms with Gasteiger partial charge in [-0.25, -0.2) is 27.9 Å². The SMILES string of the molecule is CCc1nc2c(C)cc(C)nc2n1-c1ccc(CCNC(=O)NS(=O)(=O)c2cc(OC)ccc2OC)cc1. The van der Waals surface area contributed by atoms with Crippen LogP contribution < -0.4 is 19.5 Å². The number of hydrogen-bond donors (Lipinski definition) is 2. The van der Waals surface area contributed by atoms with Crippen LogP contribution in [0.1, 0.15) is 29.6 Å². The fraction of sp³-hybridized carbons (Fsp3) is 0.296. The molecule has 38 heavy (non-hydrogen) atoms. The number of benzene rings is 2. The van der Waals surface area contributed by atoms with Gasteiger partial charge in [0.15, 0.2) is 5.65 Å². The van der Waals surface area contributed by atoms with Gasteiger partial charge in [0.1, 0.15) is 27.7 Å². The summed E-state index contributed by atoms with van der Waals surface area (Å²) in [6, 6.07) is 13.5. The fourth-order valence-electron chi connectivity index (χ4n) is 4.25. The number of amides is 2. The van der Waals surface area contributed by atoms with Crippen LogP contribution in [0.3, 0.4) is 0 Å². The van der Waals surface area contributed by atoms with Gasteiger partial charge in [0.05, 0.1) is 14.2 Å². The van der Waals surface area contributed by atoms with Crippen molar-refractivity contribution in [3.63, 3.8) is 0 Å². The third-order valence-electron chi connectivity index (χ3n) is 6.10. The number of aryl methyl sites for hydroxylation is 3. The van der Waals surface area contributed by atoms with E-state index < -0.39 is 16.1 Å². The molecular formula is C27H31N5O5S. The van der Waals surface area contributed by atoms with Crippen LogP contribution in [0.4, 0.5) is 4.79 Å². The van der Waals surface area contributed by atoms with Gasteiger partial charge in [-0.3, -0.25) is 4.57 Å². The molecule has 0 bridgehead atoms. The van der Waals surface area contributed by atoms with Crippen LogP contribution in [0.5, 0.6) is 11.5 Å². The molecule has 0 aliphatic rings. The summed E-state index contributed by atoms with van der Waals surface area (Å²) < 4.78 is 39.8. The molecule has 0 aliphatic heterocycles. The van der Waals surface area contributed by atoms with Crippen LogP contribution in [0.25, 0.3) is 16.9 Å². The first kappa shape index (κ1) is 26.9. The van der Waals surface area contributed by atoms with E-state index in [1.54, 1.807) is 6.07 Å². The van der Waals surface area contributed by atoms with Crippen molar-refractivity contribution in [1.29, 1.82) is 0 Å². The highest BCUT2D eigenvalue weighted by Gasteiger charge is 2.23. The summed E-state index contributed by atoms with van der Waals surface area (Å²) in [7, 11) is -1.40. The lowest BCUT2D eigenvalue weighted by molar-refractivity contribution is 0.246. The second-order valence-corrected chi connectivity index (χ2v) is 10.4. The van der Waals surface area contributed by atoms with Crippen molar-refractivity contribution in [2.24, 2.45) is 0 Å². The van der Waals surface area contributed by atoms with E-state index in [0.29, 0.717) is 12.2 Å². The van der Waals surface area contributed by atoms with Crippen LogP contribution in [0.2, 0.25) is 0 Å². The molecule has 0 atom stereocenters. The fourth-order valence-corrected chi connectivity index (χ4v) is 5.37. The molecule has 0 unspecified atom stereocenters. The summed E-state index contributed by atoms with van der Waals surface area (Å²) >= 11 is 0. The highest BCUT2D eigenvalue weighted by molar-refractivity contribution is 7.90. The second kappa shape index (κ2) is 11.1. The molecule has 0 aliphatic carbocycles. The molecule has 200 valence electrons. The molecule has 0 spiro atoms. The normalized spacial score (nSPS) is 11.4. The Bertz CT molecular complexity index is 1580. The van der Waals surface area contributed by atoms with Gasteiger partial charge in [0, 0.05) is 30.4 Å². The number of fused-ring (bicyclic) bond motifs is 1. The molecule has 11 heteroatoms. The predicted octanol–water partition coefficient (Wildman–Crippen LogP) is 3.85. The number of hydrogen-bond acceptors (Lipinski definition) is 7. The number of carbonyl (C=O) groups is 1. The second-order valence-electron chi connectivity index (χ2n) is 8.76. The number of aromatic nitrogens is 3. The van der Waals surface area contributed by atoms with Gasteiger partial charge in [-0.1, -0.05) is 19.1 Å². The Morgan fingerprint density at radius 3 is 2.39 bits per heavy atom. The number of methoxy groups -OCH3 is 2. The largest absolute Gasteiger partial charge is 0.497 e. The number of nitrogens with one attached hydrogen (secondary N) is 2. The zero-order chi connectivity index (χ0) is 27.4. The molecule has 2 aromatic carbocycles. The van der Waals surface area contributed by atoms with Gasteiger partial charge in [-0.15, -0.1) is 0 Å². The number of urea groups is 1. The molecule has 4 rings (SSSR count). The lowest BCUT2D eigenvalue weighted by Gasteiger charge is -2.13. The Hall–Kier alpha value is -4.12. The molecule has 4 aromatic rings. The number of nitrogens with zero attached hydrogens (tertiary/aromatic N) is 3. The lowest BCUT2D eigenvalue weighted by Crippen LogP contribution is -2.40. The topological polar surface area (TPSA) is 124 Å². The van der Waals surface area contributed by atoms with E-state index in [4.69, 9.17) is 19.4 Å². The van der Waals surface area contributed by atoms with Crippen LogP contribution in [-0.2, 0) is 22.9 Å². The van der Waals surface area contributed by atoms with Crippen molar-refractivity contribution < 1.29 is 22.7 Å². The average molecular weight is 538 g/mol. The number of ether oxygens (including phenoxy) is 2. The maximum atomic E-state index is 12.7. The highest BCUT2D eigenvalue weighted by atomic mass is 32.2. The monoisotopic (exact) mass is 537 g/mol. The number of rotatable bonds is 9. The molecule has 2 N–H and O–H groups in total. The predicted molar refractivity (Wildman–Crippen MR) is 145 cm³/mol. The van der Waals surface area contributed by atoms with Gasteiger partial charge in [0.25, 0.3) is 10.0 Å². The van der Waals surface area contributed by atoms with Crippen molar-refractivity contribution in [1.82, 2.24) is 24.6 Å². The number of pyridine rings is 1. The molecule has 2 amide bonds. The summed E-state index contributed by atoms with van der Waals surface area (Å²) in [5.74, 6) is 1.36. The first-order chi connectivity index (χ1) is 18.2. The number of sulfonamides is 1. The molecule has 2 aromatic heterocycles. The maximum absolute atomic E-state index is 12.7. The van der Waals surface area contributed by atoms with Gasteiger partial charge in [0.2, 0.25) is 0 Å². The molecule has 0 saturated heterocycles. The van der Waals surface area contributed by atoms with Gasteiger partial charge < -0.3 is 14.8 Å². The van der Waals surface area contributed by atoms with E-state index in [1.165, 1.54) is 26.4 Å². The summed E-state index contributed by atoms with van der Waals surface area (Å²) in [5.41, 5.74) is 5.69. The van der Waals surface area contributed by atoms with Crippen molar-refractivity contribution >= 4 is 27.2 Å². The lowest BCUT2D eigenvalue weighted by atomic mass is 10.1. The molecular weight excluding hydrogens is 506 g/mol. The molecule has 0 fully saturated rings. The van der Waals surface area contributed by atoms with Gasteiger partial charge >= 0.3 is 6.03 Å². The Balaban J connectivity index is 1.42. The zero-order valence-electron chi connectivity index (χ0n) is 22.0. The van der Waals surface area contributed by atoms with E-state index in [1.807, 2.05) is 48.9 Å². The minimum Gasteiger partial charge on any atom is -0.497 e. The van der Waals surface area contributed by atoms with Crippen LogP contribution in [0, 0.1) is 13.8 Å². The summed E-state index contributed by atoms with van der Waals surface area (Å²) in [4.78, 5) is 21.7. The number of imidazole rings is 1. The average Bonchev–Trinajstić information content (AvgIpc) is 3.27. The van der Waals surface area contributed by atoms with Crippen LogP contribution in [-0.4, -0.2) is 49.7 Å². The molecule has 0 radical (unpaired) electrons. The Labute approximate surface area is 222 Å². The maximum Gasteiger partial charge on any atom is 0.328 e. The van der Waals surface area contributed by atoms with E-state index in [2.05, 4.69) is 16.8 Å². The molecule has 0 saturated carbocycles. The third kappa shape index (κ3) is 5.57. The molecule has 2 heterocycles. The van der Waals surface area contributed by atoms with Crippen molar-refractivity contribution in [3.8, 4) is 17.2 Å². The van der Waals surface area contributed by atoms with Crippen LogP contribution in [0.15, 0.2) is 53.4 Å². The van der Waals surface area contributed by atoms with Gasteiger partial charge in [-0.2, -0.15) is 0 Å². The highest BCUT2D eigenvalue weighted by Crippen LogP contribution is 2.28. The van der Waals surface area contributed by atoms with E-state index in [9.17, 15) is 13.2 Å². The Kier molecular flexibility index (Phi) is 7.86. The van der Waals surface area contributed by atoms with E-state index >= 15 is 0 Å². The first-order valence-corrected chi connectivity index (χ1v) is 13.6. The minimum absolute atomic E-state index is 0.101. The quantitative estimate of drug-likeness (QED) is 0.332. The molecule has 10 nitrogen and oxygen atoms in total. The minimum atomic E-state index is -4.17. The standard InChI is InChI=1S/C27H31N5O5S/c1-6-24-30-25-17(2)15-18(3)29-26(25)32(24)20-9-7-19(8-10-20)13-14-28-27(33)31-38(34,35)23-16-21(36-4)11-12-22(23)37-5/h7-12,15-16H,6,13-14H2,1-5H3,(H2,28,31,33). The number of carbonyl (C=O) groups excluding carboxylic acids is 1. The van der Waals surface area contributed by atoms with Crippen molar-refractivity contribution in [2.45, 2.75) is 38.5 Å².